The molecule has 1 atom stereocenters. The first-order valence-electron chi connectivity index (χ1n) is 4.09. The molecule has 1 aromatic heterocycles. The number of anilines is 1. The van der Waals surface area contributed by atoms with Gasteiger partial charge in [0.05, 0.1) is 21.4 Å². The highest BCUT2D eigenvalue weighted by Crippen LogP contribution is 2.24. The SMILES string of the molecule is CN(c1ccc2ncsc2c1)S(C)=O. The van der Waals surface area contributed by atoms with Gasteiger partial charge in [-0.1, -0.05) is 0 Å². The van der Waals surface area contributed by atoms with Gasteiger partial charge < -0.3 is 0 Å². The van der Waals surface area contributed by atoms with E-state index >= 15 is 0 Å². The number of rotatable bonds is 2. The summed E-state index contributed by atoms with van der Waals surface area (Å²) in [6.07, 6.45) is 1.66. The summed E-state index contributed by atoms with van der Waals surface area (Å²) in [7, 11) is 0.843. The van der Waals surface area contributed by atoms with Crippen molar-refractivity contribution in [2.24, 2.45) is 0 Å². The average molecular weight is 226 g/mol. The number of fused-ring (bicyclic) bond motifs is 1. The Balaban J connectivity index is 2.48. The van der Waals surface area contributed by atoms with E-state index in [-0.39, 0.29) is 0 Å². The third-order valence-electron chi connectivity index (χ3n) is 2.06. The molecule has 0 radical (unpaired) electrons. The van der Waals surface area contributed by atoms with Gasteiger partial charge in [0, 0.05) is 13.3 Å². The summed E-state index contributed by atoms with van der Waals surface area (Å²) in [4.78, 5) is 4.19. The molecule has 0 aliphatic carbocycles. The molecule has 0 saturated carbocycles. The van der Waals surface area contributed by atoms with E-state index in [1.807, 2.05) is 30.8 Å². The molecular weight excluding hydrogens is 216 g/mol. The van der Waals surface area contributed by atoms with Crippen LogP contribution in [0, 0.1) is 0 Å². The van der Waals surface area contributed by atoms with Gasteiger partial charge in [0.25, 0.3) is 0 Å². The van der Waals surface area contributed by atoms with E-state index in [2.05, 4.69) is 4.98 Å². The highest BCUT2D eigenvalue weighted by atomic mass is 32.2. The molecule has 1 aromatic carbocycles. The van der Waals surface area contributed by atoms with Crippen LogP contribution in [0.15, 0.2) is 23.7 Å². The van der Waals surface area contributed by atoms with Crippen LogP contribution in [-0.2, 0) is 11.0 Å². The Labute approximate surface area is 89.0 Å². The quantitative estimate of drug-likeness (QED) is 0.785. The molecule has 2 aromatic rings. The normalized spacial score (nSPS) is 13.0. The molecule has 1 heterocycles. The highest BCUT2D eigenvalue weighted by Gasteiger charge is 2.05. The standard InChI is InChI=1S/C9H10N2OS2/c1-11(14(2)12)7-3-4-8-9(5-7)13-6-10-8/h3-6H,1-2H3. The van der Waals surface area contributed by atoms with Crippen LogP contribution in [-0.4, -0.2) is 22.5 Å². The first-order chi connectivity index (χ1) is 6.68. The van der Waals surface area contributed by atoms with E-state index in [9.17, 15) is 4.21 Å². The van der Waals surface area contributed by atoms with Gasteiger partial charge in [-0.2, -0.15) is 0 Å². The Hall–Kier alpha value is -0.940. The Morgan fingerprint density at radius 1 is 1.50 bits per heavy atom. The van der Waals surface area contributed by atoms with Crippen molar-refractivity contribution in [3.8, 4) is 0 Å². The highest BCUT2D eigenvalue weighted by molar-refractivity contribution is 7.85. The Kier molecular flexibility index (Phi) is 2.52. The Bertz CT molecular complexity index is 480. The molecule has 0 amide bonds. The van der Waals surface area contributed by atoms with Crippen LogP contribution in [0.5, 0.6) is 0 Å². The molecule has 0 spiro atoms. The van der Waals surface area contributed by atoms with Gasteiger partial charge in [0.2, 0.25) is 0 Å². The maximum Gasteiger partial charge on any atom is 0.116 e. The first kappa shape index (κ1) is 9.61. The topological polar surface area (TPSA) is 33.2 Å². The smallest absolute Gasteiger partial charge is 0.116 e. The fourth-order valence-electron chi connectivity index (χ4n) is 1.19. The van der Waals surface area contributed by atoms with E-state index in [0.717, 1.165) is 15.9 Å². The summed E-state index contributed by atoms with van der Waals surface area (Å²) in [6, 6.07) is 5.89. The van der Waals surface area contributed by atoms with Gasteiger partial charge in [-0.25, -0.2) is 9.19 Å². The van der Waals surface area contributed by atoms with Crippen LogP contribution in [0.2, 0.25) is 0 Å². The monoisotopic (exact) mass is 226 g/mol. The van der Waals surface area contributed by atoms with Crippen LogP contribution in [0.4, 0.5) is 5.69 Å². The molecule has 74 valence electrons. The van der Waals surface area contributed by atoms with E-state index in [1.54, 1.807) is 21.9 Å². The average Bonchev–Trinajstić information content (AvgIpc) is 2.62. The summed E-state index contributed by atoms with van der Waals surface area (Å²) in [6.45, 7) is 0. The minimum atomic E-state index is -0.974. The second-order valence-electron chi connectivity index (χ2n) is 2.93. The van der Waals surface area contributed by atoms with Crippen molar-refractivity contribution in [3.63, 3.8) is 0 Å². The number of thiazole rings is 1. The number of benzene rings is 1. The van der Waals surface area contributed by atoms with Crippen LogP contribution >= 0.6 is 11.3 Å². The number of nitrogens with zero attached hydrogens (tertiary/aromatic N) is 2. The zero-order valence-electron chi connectivity index (χ0n) is 7.93. The first-order valence-corrected chi connectivity index (χ1v) is 6.48. The van der Waals surface area contributed by atoms with Crippen LogP contribution < -0.4 is 4.31 Å². The molecular formula is C9H10N2OS2. The van der Waals surface area contributed by atoms with Crippen molar-refractivity contribution in [2.75, 3.05) is 17.6 Å². The zero-order valence-corrected chi connectivity index (χ0v) is 9.56. The minimum absolute atomic E-state index is 0.961. The second kappa shape index (κ2) is 3.67. The molecule has 0 bridgehead atoms. The Morgan fingerprint density at radius 2 is 2.29 bits per heavy atom. The maximum atomic E-state index is 11.2. The van der Waals surface area contributed by atoms with Gasteiger partial charge in [-0.05, 0) is 18.2 Å². The minimum Gasteiger partial charge on any atom is -0.295 e. The van der Waals surface area contributed by atoms with E-state index in [1.165, 1.54) is 0 Å². The summed E-state index contributed by atoms with van der Waals surface area (Å²) in [5.74, 6) is 0. The van der Waals surface area contributed by atoms with Crippen LogP contribution in [0.3, 0.4) is 0 Å². The van der Waals surface area contributed by atoms with Crippen LogP contribution in [0.25, 0.3) is 10.2 Å². The lowest BCUT2D eigenvalue weighted by Crippen LogP contribution is -2.18. The largest absolute Gasteiger partial charge is 0.295 e. The summed E-state index contributed by atoms with van der Waals surface area (Å²) >= 11 is 1.59. The van der Waals surface area contributed by atoms with Crippen molar-refractivity contribution in [1.82, 2.24) is 4.98 Å². The third-order valence-corrected chi connectivity index (χ3v) is 3.84. The number of aromatic nitrogens is 1. The molecule has 3 nitrogen and oxygen atoms in total. The van der Waals surface area contributed by atoms with Crippen molar-refractivity contribution >= 4 is 38.2 Å². The molecule has 0 aliphatic rings. The summed E-state index contributed by atoms with van der Waals surface area (Å²) in [5, 5.41) is 0. The summed E-state index contributed by atoms with van der Waals surface area (Å²) < 4.78 is 14.1. The van der Waals surface area contributed by atoms with E-state index in [0.29, 0.717) is 0 Å². The molecule has 14 heavy (non-hydrogen) atoms. The molecule has 1 unspecified atom stereocenters. The molecule has 0 N–H and O–H groups in total. The predicted octanol–water partition coefficient (Wildman–Crippen LogP) is 2.03. The van der Waals surface area contributed by atoms with Crippen LogP contribution in [0.1, 0.15) is 0 Å². The lowest BCUT2D eigenvalue weighted by atomic mass is 10.3. The lowest BCUT2D eigenvalue weighted by Gasteiger charge is -2.14. The van der Waals surface area contributed by atoms with E-state index < -0.39 is 11.0 Å². The molecule has 2 rings (SSSR count). The molecule has 0 aliphatic heterocycles. The molecule has 5 heteroatoms. The molecule has 0 saturated heterocycles. The Morgan fingerprint density at radius 3 is 3.00 bits per heavy atom. The predicted molar refractivity (Wildman–Crippen MR) is 62.1 cm³/mol. The van der Waals surface area contributed by atoms with E-state index in [4.69, 9.17) is 0 Å². The molecule has 0 fully saturated rings. The van der Waals surface area contributed by atoms with Crippen molar-refractivity contribution < 1.29 is 4.21 Å². The number of hydrogen-bond acceptors (Lipinski definition) is 3. The number of hydrogen-bond donors (Lipinski definition) is 0. The second-order valence-corrected chi connectivity index (χ2v) is 5.21. The van der Waals surface area contributed by atoms with Gasteiger partial charge in [-0.15, -0.1) is 11.3 Å². The van der Waals surface area contributed by atoms with Crippen molar-refractivity contribution in [1.29, 1.82) is 0 Å². The van der Waals surface area contributed by atoms with Gasteiger partial charge >= 0.3 is 0 Å². The van der Waals surface area contributed by atoms with Gasteiger partial charge in [-0.3, -0.25) is 4.31 Å². The fraction of sp³-hybridized carbons (Fsp3) is 0.222. The fourth-order valence-corrected chi connectivity index (χ4v) is 2.31. The third kappa shape index (κ3) is 1.65. The van der Waals surface area contributed by atoms with Gasteiger partial charge in [0.15, 0.2) is 0 Å². The lowest BCUT2D eigenvalue weighted by molar-refractivity contribution is 0.685. The summed E-state index contributed by atoms with van der Waals surface area (Å²) in [5.41, 5.74) is 3.77. The van der Waals surface area contributed by atoms with Crippen molar-refractivity contribution in [3.05, 3.63) is 23.7 Å². The zero-order chi connectivity index (χ0) is 10.1. The van der Waals surface area contributed by atoms with Crippen molar-refractivity contribution in [2.45, 2.75) is 0 Å². The maximum absolute atomic E-state index is 11.2. The van der Waals surface area contributed by atoms with Gasteiger partial charge in [0.1, 0.15) is 11.0 Å².